The number of Topliss-reactive ketones (excluding diaryl/α,β-unsaturated/α-hetero) is 1. The van der Waals surface area contributed by atoms with Gasteiger partial charge in [-0.2, -0.15) is 5.26 Å². The van der Waals surface area contributed by atoms with Gasteiger partial charge >= 0.3 is 0 Å². The summed E-state index contributed by atoms with van der Waals surface area (Å²) in [5.74, 6) is 0.0563. The van der Waals surface area contributed by atoms with E-state index in [1.165, 1.54) is 0 Å². The monoisotopic (exact) mass is 285 g/mol. The van der Waals surface area contributed by atoms with Crippen LogP contribution < -0.4 is 4.90 Å². The highest BCUT2D eigenvalue weighted by Gasteiger charge is 2.28. The van der Waals surface area contributed by atoms with Gasteiger partial charge in [-0.3, -0.25) is 9.69 Å². The highest BCUT2D eigenvalue weighted by molar-refractivity contribution is 6.00. The minimum Gasteiger partial charge on any atom is -0.369 e. The third-order valence-electron chi connectivity index (χ3n) is 4.34. The number of hydrogen-bond donors (Lipinski definition) is 0. The zero-order chi connectivity index (χ0) is 15.4. The summed E-state index contributed by atoms with van der Waals surface area (Å²) in [5, 5.41) is 9.09. The Bertz CT molecular complexity index is 558. The van der Waals surface area contributed by atoms with E-state index in [-0.39, 0.29) is 5.78 Å². The Hall–Kier alpha value is -1.86. The van der Waals surface area contributed by atoms with E-state index in [1.54, 1.807) is 19.1 Å². The van der Waals surface area contributed by atoms with Crippen LogP contribution >= 0.6 is 0 Å². The first-order chi connectivity index (χ1) is 10.1. The highest BCUT2D eigenvalue weighted by Crippen LogP contribution is 2.28. The highest BCUT2D eigenvalue weighted by atomic mass is 16.1. The van der Waals surface area contributed by atoms with Crippen molar-refractivity contribution in [2.24, 2.45) is 0 Å². The number of hydrogen-bond acceptors (Lipinski definition) is 4. The lowest BCUT2D eigenvalue weighted by Crippen LogP contribution is -2.37. The molecule has 1 aromatic rings. The quantitative estimate of drug-likeness (QED) is 0.780. The van der Waals surface area contributed by atoms with Crippen molar-refractivity contribution in [3.8, 4) is 6.07 Å². The minimum absolute atomic E-state index is 0.0563. The molecule has 0 bridgehead atoms. The maximum atomic E-state index is 11.8. The van der Waals surface area contributed by atoms with Gasteiger partial charge in [0.25, 0.3) is 0 Å². The van der Waals surface area contributed by atoms with Crippen molar-refractivity contribution in [3.05, 3.63) is 29.3 Å². The molecule has 4 heteroatoms. The van der Waals surface area contributed by atoms with Gasteiger partial charge in [-0.15, -0.1) is 0 Å². The van der Waals surface area contributed by atoms with Crippen LogP contribution in [0.3, 0.4) is 0 Å². The lowest BCUT2D eigenvalue weighted by atomic mass is 10.1. The number of carbonyl (C=O) groups excluding carboxylic acids is 1. The fraction of sp³-hybridized carbons (Fsp3) is 0.529. The predicted octanol–water partition coefficient (Wildman–Crippen LogP) is 2.68. The molecule has 0 N–H and O–H groups in total. The molecule has 21 heavy (non-hydrogen) atoms. The van der Waals surface area contributed by atoms with Crippen LogP contribution in [0.2, 0.25) is 0 Å². The molecular formula is C17H23N3O. The third kappa shape index (κ3) is 3.25. The van der Waals surface area contributed by atoms with Crippen molar-refractivity contribution in [1.82, 2.24) is 4.90 Å². The second-order valence-electron chi connectivity index (χ2n) is 5.51. The number of rotatable bonds is 5. The van der Waals surface area contributed by atoms with Crippen LogP contribution in [-0.2, 0) is 0 Å². The molecule has 0 aromatic heterocycles. The van der Waals surface area contributed by atoms with Crippen LogP contribution in [0.1, 0.15) is 43.1 Å². The van der Waals surface area contributed by atoms with Gasteiger partial charge in [-0.25, -0.2) is 0 Å². The SMILES string of the molecule is CCN(CC)C1CCN(c2cc(C#N)ccc2C(C)=O)C1. The number of anilines is 1. The van der Waals surface area contributed by atoms with Gasteiger partial charge in [0, 0.05) is 30.4 Å². The molecule has 4 nitrogen and oxygen atoms in total. The molecule has 2 rings (SSSR count). The molecule has 0 saturated carbocycles. The smallest absolute Gasteiger partial charge is 0.161 e. The molecule has 112 valence electrons. The molecule has 1 fully saturated rings. The molecule has 1 aromatic carbocycles. The fourth-order valence-electron chi connectivity index (χ4n) is 3.16. The van der Waals surface area contributed by atoms with Crippen LogP contribution in [0.15, 0.2) is 18.2 Å². The summed E-state index contributed by atoms with van der Waals surface area (Å²) in [6, 6.07) is 8.05. The van der Waals surface area contributed by atoms with Gasteiger partial charge in [0.05, 0.1) is 11.6 Å². The topological polar surface area (TPSA) is 47.3 Å². The molecule has 1 saturated heterocycles. The zero-order valence-corrected chi connectivity index (χ0v) is 13.1. The molecule has 0 spiro atoms. The predicted molar refractivity (Wildman–Crippen MR) is 84.7 cm³/mol. The van der Waals surface area contributed by atoms with Crippen LogP contribution in [0.5, 0.6) is 0 Å². The summed E-state index contributed by atoms with van der Waals surface area (Å²) in [7, 11) is 0. The van der Waals surface area contributed by atoms with Crippen LogP contribution in [-0.4, -0.2) is 42.9 Å². The van der Waals surface area contributed by atoms with Crippen LogP contribution in [0.25, 0.3) is 0 Å². The third-order valence-corrected chi connectivity index (χ3v) is 4.34. The zero-order valence-electron chi connectivity index (χ0n) is 13.1. The minimum atomic E-state index is 0.0563. The van der Waals surface area contributed by atoms with E-state index in [4.69, 9.17) is 5.26 Å². The second kappa shape index (κ2) is 6.73. The van der Waals surface area contributed by atoms with Gasteiger partial charge < -0.3 is 4.90 Å². The fourth-order valence-corrected chi connectivity index (χ4v) is 3.16. The number of nitrogens with zero attached hydrogens (tertiary/aromatic N) is 3. The molecule has 1 unspecified atom stereocenters. The van der Waals surface area contributed by atoms with Crippen molar-refractivity contribution in [2.45, 2.75) is 33.2 Å². The summed E-state index contributed by atoms with van der Waals surface area (Å²) < 4.78 is 0. The molecule has 1 aliphatic heterocycles. The molecule has 1 aliphatic rings. The first kappa shape index (κ1) is 15.5. The lowest BCUT2D eigenvalue weighted by molar-refractivity contribution is 0.101. The number of ketones is 1. The maximum absolute atomic E-state index is 11.8. The van der Waals surface area contributed by atoms with Crippen molar-refractivity contribution in [2.75, 3.05) is 31.1 Å². The van der Waals surface area contributed by atoms with E-state index in [0.717, 1.165) is 38.3 Å². The Morgan fingerprint density at radius 2 is 2.14 bits per heavy atom. The average Bonchev–Trinajstić information content (AvgIpc) is 2.97. The van der Waals surface area contributed by atoms with E-state index in [2.05, 4.69) is 29.7 Å². The van der Waals surface area contributed by atoms with Gasteiger partial charge in [0.1, 0.15) is 0 Å². The normalized spacial score (nSPS) is 18.0. The Balaban J connectivity index is 2.26. The summed E-state index contributed by atoms with van der Waals surface area (Å²) in [6.45, 7) is 9.92. The van der Waals surface area contributed by atoms with E-state index < -0.39 is 0 Å². The van der Waals surface area contributed by atoms with E-state index >= 15 is 0 Å². The summed E-state index contributed by atoms with van der Waals surface area (Å²) in [4.78, 5) is 16.5. The number of carbonyl (C=O) groups is 1. The number of benzene rings is 1. The summed E-state index contributed by atoms with van der Waals surface area (Å²) in [5.41, 5.74) is 2.24. The first-order valence-electron chi connectivity index (χ1n) is 7.64. The lowest BCUT2D eigenvalue weighted by Gasteiger charge is -2.27. The number of nitriles is 1. The molecule has 1 heterocycles. The standard InChI is InChI=1S/C17H23N3O/c1-4-19(5-2)15-8-9-20(12-15)17-10-14(11-18)6-7-16(17)13(3)21/h6-7,10,15H,4-5,8-9,12H2,1-3H3. The molecule has 0 radical (unpaired) electrons. The summed E-state index contributed by atoms with van der Waals surface area (Å²) in [6.07, 6.45) is 1.11. The Morgan fingerprint density at radius 1 is 1.43 bits per heavy atom. The molecule has 1 atom stereocenters. The number of likely N-dealkylation sites (N-methyl/N-ethyl adjacent to an activating group) is 1. The Morgan fingerprint density at radius 3 is 2.71 bits per heavy atom. The maximum Gasteiger partial charge on any atom is 0.161 e. The van der Waals surface area contributed by atoms with Crippen molar-refractivity contribution < 1.29 is 4.79 Å². The van der Waals surface area contributed by atoms with Crippen LogP contribution in [0, 0.1) is 11.3 Å². The Kier molecular flexibility index (Phi) is 4.98. The molecular weight excluding hydrogens is 262 g/mol. The first-order valence-corrected chi connectivity index (χ1v) is 7.64. The molecule has 0 amide bonds. The van der Waals surface area contributed by atoms with Gasteiger partial charge in [-0.1, -0.05) is 13.8 Å². The summed E-state index contributed by atoms with van der Waals surface area (Å²) >= 11 is 0. The van der Waals surface area contributed by atoms with Crippen molar-refractivity contribution in [3.63, 3.8) is 0 Å². The average molecular weight is 285 g/mol. The van der Waals surface area contributed by atoms with E-state index in [1.807, 2.05) is 6.07 Å². The van der Waals surface area contributed by atoms with Gasteiger partial charge in [0.15, 0.2) is 5.78 Å². The second-order valence-corrected chi connectivity index (χ2v) is 5.51. The Labute approximate surface area is 127 Å². The van der Waals surface area contributed by atoms with Crippen molar-refractivity contribution in [1.29, 1.82) is 5.26 Å². The van der Waals surface area contributed by atoms with Crippen LogP contribution in [0.4, 0.5) is 5.69 Å². The van der Waals surface area contributed by atoms with Crippen molar-refractivity contribution >= 4 is 11.5 Å². The van der Waals surface area contributed by atoms with E-state index in [0.29, 0.717) is 17.2 Å². The van der Waals surface area contributed by atoms with Gasteiger partial charge in [0.2, 0.25) is 0 Å². The van der Waals surface area contributed by atoms with E-state index in [9.17, 15) is 4.79 Å². The largest absolute Gasteiger partial charge is 0.369 e. The molecule has 0 aliphatic carbocycles. The van der Waals surface area contributed by atoms with Gasteiger partial charge in [-0.05, 0) is 44.6 Å².